The van der Waals surface area contributed by atoms with E-state index in [1.165, 1.54) is 12.1 Å². The summed E-state index contributed by atoms with van der Waals surface area (Å²) < 4.78 is 37.4. The van der Waals surface area contributed by atoms with Crippen molar-refractivity contribution in [3.8, 4) is 0 Å². The highest BCUT2D eigenvalue weighted by Gasteiger charge is 2.29. The first-order valence-corrected chi connectivity index (χ1v) is 8.68. The van der Waals surface area contributed by atoms with E-state index >= 15 is 0 Å². The maximum atomic E-state index is 12.5. The molecule has 0 heterocycles. The highest BCUT2D eigenvalue weighted by molar-refractivity contribution is 6.27. The van der Waals surface area contributed by atoms with Crippen LogP contribution in [0.2, 0.25) is 0 Å². The van der Waals surface area contributed by atoms with Gasteiger partial charge in [-0.3, -0.25) is 4.79 Å². The first-order chi connectivity index (χ1) is 14.0. The van der Waals surface area contributed by atoms with Crippen molar-refractivity contribution in [2.24, 2.45) is 0 Å². The minimum absolute atomic E-state index is 0.147. The number of anilines is 1. The molecule has 1 amide bonds. The molecule has 0 spiro atoms. The van der Waals surface area contributed by atoms with Crippen LogP contribution < -0.4 is 10.6 Å². The first kappa shape index (κ1) is 24.6. The van der Waals surface area contributed by atoms with Gasteiger partial charge in [-0.1, -0.05) is 24.3 Å². The number of nitrogens with one attached hydrogen (secondary N) is 2. The Balaban J connectivity index is 0.000000656. The summed E-state index contributed by atoms with van der Waals surface area (Å²) in [6.07, 6.45) is -3.76. The molecule has 0 unspecified atom stereocenters. The summed E-state index contributed by atoms with van der Waals surface area (Å²) in [5.74, 6) is -3.81. The van der Waals surface area contributed by atoms with Crippen molar-refractivity contribution in [1.82, 2.24) is 5.32 Å². The zero-order chi connectivity index (χ0) is 22.7. The number of carboxylic acid groups (broad SMARTS) is 2. The molecule has 7 nitrogen and oxygen atoms in total. The van der Waals surface area contributed by atoms with Crippen LogP contribution in [0.15, 0.2) is 48.5 Å². The van der Waals surface area contributed by atoms with Gasteiger partial charge in [0, 0.05) is 5.69 Å². The number of hydrogen-bond acceptors (Lipinski definition) is 4. The van der Waals surface area contributed by atoms with Crippen molar-refractivity contribution in [3.63, 3.8) is 0 Å². The minimum atomic E-state index is -4.31. The van der Waals surface area contributed by atoms with Gasteiger partial charge in [0.2, 0.25) is 5.91 Å². The molecule has 0 saturated carbocycles. The van der Waals surface area contributed by atoms with Crippen LogP contribution in [0.25, 0.3) is 0 Å². The van der Waals surface area contributed by atoms with Gasteiger partial charge < -0.3 is 20.8 Å². The molecule has 0 atom stereocenters. The molecule has 0 radical (unpaired) electrons. The number of aliphatic carboxylic acids is 2. The standard InChI is InChI=1S/C18H19F3N2O.C2H2O4/c1-13-3-2-4-16(11-13)23-17(24)12-22-10-9-14-5-7-15(8-6-14)18(19,20)21;3-1(4)2(5)6/h2-8,11,22H,9-10,12H2,1H3,(H,23,24);(H,3,4)(H,5,6). The highest BCUT2D eigenvalue weighted by atomic mass is 19.4. The lowest BCUT2D eigenvalue weighted by Gasteiger charge is -2.09. The van der Waals surface area contributed by atoms with Crippen LogP contribution in [-0.2, 0) is 27.0 Å². The molecule has 0 aliphatic heterocycles. The monoisotopic (exact) mass is 426 g/mol. The van der Waals surface area contributed by atoms with E-state index in [1.807, 2.05) is 31.2 Å². The Morgan fingerprint density at radius 2 is 1.57 bits per heavy atom. The van der Waals surface area contributed by atoms with E-state index in [0.717, 1.165) is 28.9 Å². The fraction of sp³-hybridized carbons (Fsp3) is 0.250. The van der Waals surface area contributed by atoms with E-state index < -0.39 is 23.7 Å². The van der Waals surface area contributed by atoms with Crippen molar-refractivity contribution in [2.45, 2.75) is 19.5 Å². The summed E-state index contributed by atoms with van der Waals surface area (Å²) in [5, 5.41) is 20.5. The third kappa shape index (κ3) is 9.69. The van der Waals surface area contributed by atoms with Crippen LogP contribution in [0.5, 0.6) is 0 Å². The largest absolute Gasteiger partial charge is 0.473 e. The van der Waals surface area contributed by atoms with E-state index in [9.17, 15) is 18.0 Å². The van der Waals surface area contributed by atoms with Crippen molar-refractivity contribution in [3.05, 3.63) is 65.2 Å². The van der Waals surface area contributed by atoms with Gasteiger partial charge in [0.25, 0.3) is 0 Å². The second-order valence-electron chi connectivity index (χ2n) is 6.15. The number of carbonyl (C=O) groups is 3. The molecule has 2 rings (SSSR count). The van der Waals surface area contributed by atoms with Gasteiger partial charge in [-0.05, 0) is 55.3 Å². The lowest BCUT2D eigenvalue weighted by Crippen LogP contribution is -2.29. The van der Waals surface area contributed by atoms with E-state index in [0.29, 0.717) is 13.0 Å². The molecule has 2 aromatic rings. The van der Waals surface area contributed by atoms with Crippen LogP contribution in [0.4, 0.5) is 18.9 Å². The number of carbonyl (C=O) groups excluding carboxylic acids is 1. The third-order valence-corrected chi connectivity index (χ3v) is 3.64. The molecule has 4 N–H and O–H groups in total. The molecule has 0 saturated heterocycles. The summed E-state index contributed by atoms with van der Waals surface area (Å²) >= 11 is 0. The number of hydrogen-bond donors (Lipinski definition) is 4. The maximum Gasteiger partial charge on any atom is 0.416 e. The van der Waals surface area contributed by atoms with Gasteiger partial charge in [0.1, 0.15) is 0 Å². The molecule has 0 aliphatic rings. The third-order valence-electron chi connectivity index (χ3n) is 3.64. The fourth-order valence-corrected chi connectivity index (χ4v) is 2.22. The van der Waals surface area contributed by atoms with Gasteiger partial charge in [0.15, 0.2) is 0 Å². The Labute approximate surface area is 170 Å². The van der Waals surface area contributed by atoms with Crippen LogP contribution in [0.3, 0.4) is 0 Å². The Morgan fingerprint density at radius 1 is 0.967 bits per heavy atom. The van der Waals surface area contributed by atoms with E-state index in [4.69, 9.17) is 19.8 Å². The fourth-order valence-electron chi connectivity index (χ4n) is 2.22. The number of benzene rings is 2. The molecule has 0 aliphatic carbocycles. The molecule has 0 aromatic heterocycles. The quantitative estimate of drug-likeness (QED) is 0.417. The minimum Gasteiger partial charge on any atom is -0.473 e. The number of amides is 1. The van der Waals surface area contributed by atoms with E-state index in [-0.39, 0.29) is 12.5 Å². The van der Waals surface area contributed by atoms with E-state index in [2.05, 4.69) is 10.6 Å². The zero-order valence-electron chi connectivity index (χ0n) is 16.0. The lowest BCUT2D eigenvalue weighted by molar-refractivity contribution is -0.159. The smallest absolute Gasteiger partial charge is 0.416 e. The molecule has 30 heavy (non-hydrogen) atoms. The number of rotatable bonds is 6. The number of alkyl halides is 3. The Morgan fingerprint density at radius 3 is 2.07 bits per heavy atom. The van der Waals surface area contributed by atoms with Gasteiger partial charge >= 0.3 is 18.1 Å². The van der Waals surface area contributed by atoms with Crippen molar-refractivity contribution in [1.29, 1.82) is 0 Å². The zero-order valence-corrected chi connectivity index (χ0v) is 16.0. The SMILES string of the molecule is Cc1cccc(NC(=O)CNCCc2ccc(C(F)(F)F)cc2)c1.O=C(O)C(=O)O. The van der Waals surface area contributed by atoms with Crippen molar-refractivity contribution in [2.75, 3.05) is 18.4 Å². The molecule has 10 heteroatoms. The average molecular weight is 426 g/mol. The summed E-state index contributed by atoms with van der Waals surface area (Å²) in [6.45, 7) is 2.60. The molecule has 162 valence electrons. The normalized spacial score (nSPS) is 10.5. The predicted octanol–water partition coefficient (Wildman–Crippen LogP) is 2.94. The molecule has 2 aromatic carbocycles. The van der Waals surface area contributed by atoms with Gasteiger partial charge in [-0.15, -0.1) is 0 Å². The predicted molar refractivity (Wildman–Crippen MR) is 103 cm³/mol. The average Bonchev–Trinajstić information content (AvgIpc) is 2.65. The topological polar surface area (TPSA) is 116 Å². The second-order valence-corrected chi connectivity index (χ2v) is 6.15. The number of aryl methyl sites for hydroxylation is 1. The Bertz CT molecular complexity index is 855. The molecular weight excluding hydrogens is 405 g/mol. The summed E-state index contributed by atoms with van der Waals surface area (Å²) in [5.41, 5.74) is 1.93. The summed E-state index contributed by atoms with van der Waals surface area (Å²) in [7, 11) is 0. The van der Waals surface area contributed by atoms with Gasteiger partial charge in [-0.2, -0.15) is 13.2 Å². The lowest BCUT2D eigenvalue weighted by atomic mass is 10.1. The first-order valence-electron chi connectivity index (χ1n) is 8.68. The molecular formula is C20H21F3N2O5. The van der Waals surface area contributed by atoms with Crippen LogP contribution in [0, 0.1) is 6.92 Å². The van der Waals surface area contributed by atoms with Crippen molar-refractivity contribution >= 4 is 23.5 Å². The summed E-state index contributed by atoms with van der Waals surface area (Å²) in [4.78, 5) is 30.0. The maximum absolute atomic E-state index is 12.5. The summed E-state index contributed by atoms with van der Waals surface area (Å²) in [6, 6.07) is 12.5. The van der Waals surface area contributed by atoms with Crippen LogP contribution in [-0.4, -0.2) is 41.1 Å². The highest BCUT2D eigenvalue weighted by Crippen LogP contribution is 2.29. The molecule has 0 bridgehead atoms. The van der Waals surface area contributed by atoms with Crippen molar-refractivity contribution < 1.29 is 37.8 Å². The Kier molecular flexibility index (Phi) is 9.50. The van der Waals surface area contributed by atoms with E-state index in [1.54, 1.807) is 0 Å². The van der Waals surface area contributed by atoms with Gasteiger partial charge in [-0.25, -0.2) is 9.59 Å². The Hall–Kier alpha value is -3.40. The number of halogens is 3. The second kappa shape index (κ2) is 11.6. The van der Waals surface area contributed by atoms with Crippen LogP contribution in [0.1, 0.15) is 16.7 Å². The number of carboxylic acids is 2. The van der Waals surface area contributed by atoms with Crippen LogP contribution >= 0.6 is 0 Å². The van der Waals surface area contributed by atoms with Gasteiger partial charge in [0.05, 0.1) is 12.1 Å². The molecule has 0 fully saturated rings.